The Bertz CT molecular complexity index is 1060. The highest BCUT2D eigenvalue weighted by atomic mass is 32.2. The summed E-state index contributed by atoms with van der Waals surface area (Å²) in [5.74, 6) is -1.27. The van der Waals surface area contributed by atoms with Crippen LogP contribution in [0.15, 0.2) is 52.9 Å². The van der Waals surface area contributed by atoms with Crippen molar-refractivity contribution in [2.75, 3.05) is 11.1 Å². The molecule has 2 heterocycles. The molecule has 0 fully saturated rings. The second-order valence-corrected chi connectivity index (χ2v) is 7.58. The van der Waals surface area contributed by atoms with Crippen LogP contribution in [0.1, 0.15) is 11.3 Å². The number of anilines is 1. The Hall–Kier alpha value is -2.90. The van der Waals surface area contributed by atoms with Crippen molar-refractivity contribution in [3.63, 3.8) is 0 Å². The Balaban J connectivity index is 1.87. The van der Waals surface area contributed by atoms with Gasteiger partial charge in [-0.1, -0.05) is 17.8 Å². The van der Waals surface area contributed by atoms with Gasteiger partial charge in [0.25, 0.3) is 0 Å². The molecule has 29 heavy (non-hydrogen) atoms. The summed E-state index contributed by atoms with van der Waals surface area (Å²) >= 11 is 1.92. The van der Waals surface area contributed by atoms with Crippen LogP contribution in [0.3, 0.4) is 0 Å². The first-order chi connectivity index (χ1) is 13.8. The van der Waals surface area contributed by atoms with E-state index in [4.69, 9.17) is 0 Å². The fraction of sp³-hybridized carbons (Fsp3) is 0.105. The number of nitrogens with one attached hydrogen (secondary N) is 1. The Morgan fingerprint density at radius 1 is 1.24 bits per heavy atom. The average molecular weight is 437 g/mol. The monoisotopic (exact) mass is 437 g/mol. The Kier molecular flexibility index (Phi) is 6.20. The van der Waals surface area contributed by atoms with Crippen molar-refractivity contribution < 1.29 is 22.4 Å². The molecule has 3 aromatic rings. The number of amides is 1. The number of thioether (sulfide) groups is 1. The lowest BCUT2D eigenvalue weighted by molar-refractivity contribution is -0.141. The molecule has 2 aromatic heterocycles. The number of aromatic nitrogens is 1. The standard InChI is InChI=1S/C19H11F4N3OS2/c20-11-3-5-12(6-4-11)25-17(27)10-29-18-14(9-24)13(15-2-1-7-28-15)8-16(26-18)19(21,22)23/h1-8H,10H2,(H,25,27). The van der Waals surface area contributed by atoms with Gasteiger partial charge >= 0.3 is 6.18 Å². The minimum absolute atomic E-state index is 0.0277. The average Bonchev–Trinajstić information content (AvgIpc) is 3.21. The van der Waals surface area contributed by atoms with E-state index in [1.165, 1.54) is 23.5 Å². The highest BCUT2D eigenvalue weighted by Gasteiger charge is 2.34. The van der Waals surface area contributed by atoms with Gasteiger partial charge in [-0.25, -0.2) is 9.37 Å². The molecular formula is C19H11F4N3OS2. The summed E-state index contributed by atoms with van der Waals surface area (Å²) in [7, 11) is 0. The van der Waals surface area contributed by atoms with Crippen molar-refractivity contribution in [3.8, 4) is 16.5 Å². The molecule has 1 amide bonds. The SMILES string of the molecule is N#Cc1c(-c2cccs2)cc(C(F)(F)F)nc1SCC(=O)Nc1ccc(F)cc1. The van der Waals surface area contributed by atoms with Gasteiger partial charge in [0.05, 0.1) is 11.3 Å². The zero-order valence-corrected chi connectivity index (χ0v) is 16.1. The summed E-state index contributed by atoms with van der Waals surface area (Å²) in [4.78, 5) is 16.2. The lowest BCUT2D eigenvalue weighted by Gasteiger charge is -2.13. The van der Waals surface area contributed by atoms with Crippen LogP contribution in [0.25, 0.3) is 10.4 Å². The molecule has 148 valence electrons. The van der Waals surface area contributed by atoms with E-state index in [1.54, 1.807) is 17.5 Å². The first kappa shape index (κ1) is 20.8. The second kappa shape index (κ2) is 8.63. The molecule has 0 atom stereocenters. The van der Waals surface area contributed by atoms with Gasteiger partial charge in [0.1, 0.15) is 22.6 Å². The molecule has 4 nitrogen and oxygen atoms in total. The number of nitrogens with zero attached hydrogens (tertiary/aromatic N) is 2. The molecule has 0 aliphatic rings. The number of nitriles is 1. The van der Waals surface area contributed by atoms with E-state index >= 15 is 0 Å². The zero-order valence-electron chi connectivity index (χ0n) is 14.5. The molecule has 0 bridgehead atoms. The van der Waals surface area contributed by atoms with Crippen molar-refractivity contribution in [2.24, 2.45) is 0 Å². The first-order valence-electron chi connectivity index (χ1n) is 8.02. The molecule has 0 aliphatic carbocycles. The van der Waals surface area contributed by atoms with Gasteiger partial charge < -0.3 is 5.32 Å². The molecule has 0 aliphatic heterocycles. The van der Waals surface area contributed by atoms with Crippen LogP contribution in [0, 0.1) is 17.1 Å². The van der Waals surface area contributed by atoms with Gasteiger partial charge in [-0.3, -0.25) is 4.79 Å². The molecular weight excluding hydrogens is 426 g/mol. The van der Waals surface area contributed by atoms with Crippen LogP contribution in [0.2, 0.25) is 0 Å². The maximum Gasteiger partial charge on any atom is 0.433 e. The number of pyridine rings is 1. The molecule has 0 radical (unpaired) electrons. The van der Waals surface area contributed by atoms with Crippen molar-refractivity contribution >= 4 is 34.7 Å². The van der Waals surface area contributed by atoms with E-state index in [0.717, 1.165) is 30.0 Å². The topological polar surface area (TPSA) is 65.8 Å². The number of halogens is 4. The van der Waals surface area contributed by atoms with Gasteiger partial charge in [-0.05, 0) is 41.8 Å². The molecule has 10 heteroatoms. The van der Waals surface area contributed by atoms with Crippen LogP contribution in [-0.2, 0) is 11.0 Å². The Morgan fingerprint density at radius 3 is 2.55 bits per heavy atom. The van der Waals surface area contributed by atoms with Crippen molar-refractivity contribution in [3.05, 3.63) is 64.9 Å². The zero-order chi connectivity index (χ0) is 21.0. The maximum absolute atomic E-state index is 13.3. The predicted octanol–water partition coefficient (Wildman–Crippen LogP) is 5.57. The van der Waals surface area contributed by atoms with Crippen LogP contribution in [0.4, 0.5) is 23.2 Å². The fourth-order valence-electron chi connectivity index (χ4n) is 2.37. The van der Waals surface area contributed by atoms with Gasteiger partial charge in [0.2, 0.25) is 5.91 Å². The molecule has 1 N–H and O–H groups in total. The van der Waals surface area contributed by atoms with Crippen LogP contribution >= 0.6 is 23.1 Å². The summed E-state index contributed by atoms with van der Waals surface area (Å²) in [5, 5.41) is 13.5. The van der Waals surface area contributed by atoms with Crippen molar-refractivity contribution in [1.29, 1.82) is 5.26 Å². The van der Waals surface area contributed by atoms with Gasteiger partial charge in [0, 0.05) is 16.1 Å². The second-order valence-electron chi connectivity index (χ2n) is 5.67. The van der Waals surface area contributed by atoms with E-state index < -0.39 is 23.6 Å². The smallest absolute Gasteiger partial charge is 0.325 e. The largest absolute Gasteiger partial charge is 0.433 e. The lowest BCUT2D eigenvalue weighted by atomic mass is 10.1. The number of thiophene rings is 1. The van der Waals surface area contributed by atoms with Crippen molar-refractivity contribution in [1.82, 2.24) is 4.98 Å². The van der Waals surface area contributed by atoms with E-state index in [0.29, 0.717) is 10.6 Å². The highest BCUT2D eigenvalue weighted by Crippen LogP contribution is 2.38. The normalized spacial score (nSPS) is 11.1. The summed E-state index contributed by atoms with van der Waals surface area (Å²) in [6.07, 6.45) is -4.70. The minimum atomic E-state index is -4.70. The maximum atomic E-state index is 13.3. The first-order valence-corrected chi connectivity index (χ1v) is 9.89. The molecule has 0 saturated carbocycles. The van der Waals surface area contributed by atoms with Crippen LogP contribution in [0.5, 0.6) is 0 Å². The van der Waals surface area contributed by atoms with E-state index in [9.17, 15) is 27.6 Å². The molecule has 0 saturated heterocycles. The number of benzene rings is 1. The van der Waals surface area contributed by atoms with E-state index in [1.807, 2.05) is 6.07 Å². The minimum Gasteiger partial charge on any atom is -0.325 e. The van der Waals surface area contributed by atoms with Crippen molar-refractivity contribution in [2.45, 2.75) is 11.2 Å². The van der Waals surface area contributed by atoms with E-state index in [2.05, 4.69) is 10.3 Å². The number of hydrogen-bond acceptors (Lipinski definition) is 5. The third kappa shape index (κ3) is 5.13. The van der Waals surface area contributed by atoms with Gasteiger partial charge in [-0.15, -0.1) is 11.3 Å². The molecule has 0 spiro atoms. The number of carbonyl (C=O) groups excluding carboxylic acids is 1. The molecule has 0 unspecified atom stereocenters. The number of rotatable bonds is 5. The van der Waals surface area contributed by atoms with Crippen LogP contribution in [-0.4, -0.2) is 16.6 Å². The third-order valence-electron chi connectivity index (χ3n) is 3.64. The quantitative estimate of drug-likeness (QED) is 0.419. The number of carbonyl (C=O) groups is 1. The summed E-state index contributed by atoms with van der Waals surface area (Å²) in [5.41, 5.74) is -0.707. The number of alkyl halides is 3. The predicted molar refractivity (Wildman–Crippen MR) is 103 cm³/mol. The lowest BCUT2D eigenvalue weighted by Crippen LogP contribution is -2.15. The third-order valence-corrected chi connectivity index (χ3v) is 5.52. The molecule has 1 aromatic carbocycles. The Morgan fingerprint density at radius 2 is 1.97 bits per heavy atom. The molecule has 3 rings (SSSR count). The summed E-state index contributed by atoms with van der Waals surface area (Å²) in [6, 6.07) is 11.1. The Labute approximate surface area is 171 Å². The highest BCUT2D eigenvalue weighted by molar-refractivity contribution is 8.00. The van der Waals surface area contributed by atoms with Gasteiger partial charge in [-0.2, -0.15) is 18.4 Å². The summed E-state index contributed by atoms with van der Waals surface area (Å²) < 4.78 is 52.8. The van der Waals surface area contributed by atoms with Crippen LogP contribution < -0.4 is 5.32 Å². The van der Waals surface area contributed by atoms with E-state index in [-0.39, 0.29) is 21.9 Å². The fourth-order valence-corrected chi connectivity index (χ4v) is 3.92. The van der Waals surface area contributed by atoms with Gasteiger partial charge in [0.15, 0.2) is 0 Å². The summed E-state index contributed by atoms with van der Waals surface area (Å²) in [6.45, 7) is 0. The number of hydrogen-bond donors (Lipinski definition) is 1.